The molecule has 2 rings (SSSR count). The van der Waals surface area contributed by atoms with Gasteiger partial charge in [-0.05, 0) is 36.5 Å². The van der Waals surface area contributed by atoms with Gasteiger partial charge >= 0.3 is 0 Å². The maximum Gasteiger partial charge on any atom is -0.00854 e. The number of rotatable bonds is 0. The molecule has 2 aliphatic rings. The molecule has 0 bridgehead atoms. The Kier molecular flexibility index (Phi) is 2.49. The van der Waals surface area contributed by atoms with Gasteiger partial charge in [0.15, 0.2) is 0 Å². The van der Waals surface area contributed by atoms with E-state index in [2.05, 4.69) is 20.4 Å². The first-order valence-corrected chi connectivity index (χ1v) is 6.27. The number of allylic oxidation sites excluding steroid dienone is 1. The van der Waals surface area contributed by atoms with Gasteiger partial charge in [-0.2, -0.15) is 0 Å². The van der Waals surface area contributed by atoms with Crippen molar-refractivity contribution in [3.05, 3.63) is 12.2 Å². The molecule has 0 aromatic rings. The normalized spacial score (nSPS) is 30.6. The van der Waals surface area contributed by atoms with Crippen molar-refractivity contribution in [3.63, 3.8) is 0 Å². The quantitative estimate of drug-likeness (QED) is 0.488. The summed E-state index contributed by atoms with van der Waals surface area (Å²) >= 11 is 0. The zero-order valence-electron chi connectivity index (χ0n) is 9.86. The van der Waals surface area contributed by atoms with Gasteiger partial charge in [-0.3, -0.25) is 0 Å². The molecule has 0 nitrogen and oxygen atoms in total. The van der Waals surface area contributed by atoms with Crippen LogP contribution in [0.1, 0.15) is 65.2 Å². The smallest absolute Gasteiger partial charge is 0.00854 e. The third kappa shape index (κ3) is 1.53. The molecule has 0 unspecified atom stereocenters. The Morgan fingerprint density at radius 2 is 1.43 bits per heavy atom. The second-order valence-corrected chi connectivity index (χ2v) is 6.06. The summed E-state index contributed by atoms with van der Waals surface area (Å²) in [6.45, 7) is 9.23. The SMILES string of the molecule is C=C1C(C)(C)CCCC12CCCCC2. The molecule has 0 saturated heterocycles. The van der Waals surface area contributed by atoms with Crippen molar-refractivity contribution >= 4 is 0 Å². The van der Waals surface area contributed by atoms with Crippen LogP contribution in [0, 0.1) is 10.8 Å². The number of hydrogen-bond acceptors (Lipinski definition) is 0. The minimum atomic E-state index is 0.412. The van der Waals surface area contributed by atoms with E-state index >= 15 is 0 Å². The molecule has 0 heteroatoms. The first kappa shape index (κ1) is 10.3. The fraction of sp³-hybridized carbons (Fsp3) is 0.857. The third-order valence-corrected chi connectivity index (χ3v) is 4.72. The van der Waals surface area contributed by atoms with Crippen LogP contribution in [0.5, 0.6) is 0 Å². The van der Waals surface area contributed by atoms with Gasteiger partial charge in [0.2, 0.25) is 0 Å². The highest BCUT2D eigenvalue weighted by Crippen LogP contribution is 2.56. The second-order valence-electron chi connectivity index (χ2n) is 6.06. The van der Waals surface area contributed by atoms with E-state index in [-0.39, 0.29) is 0 Å². The Morgan fingerprint density at radius 1 is 0.857 bits per heavy atom. The van der Waals surface area contributed by atoms with Gasteiger partial charge in [0, 0.05) is 0 Å². The van der Waals surface area contributed by atoms with Crippen molar-refractivity contribution in [1.29, 1.82) is 0 Å². The predicted octanol–water partition coefficient (Wildman–Crippen LogP) is 4.70. The van der Waals surface area contributed by atoms with Gasteiger partial charge in [-0.15, -0.1) is 0 Å². The van der Waals surface area contributed by atoms with Gasteiger partial charge < -0.3 is 0 Å². The highest BCUT2D eigenvalue weighted by molar-refractivity contribution is 5.21. The molecule has 0 aromatic heterocycles. The van der Waals surface area contributed by atoms with Crippen molar-refractivity contribution in [2.75, 3.05) is 0 Å². The van der Waals surface area contributed by atoms with Crippen LogP contribution < -0.4 is 0 Å². The summed E-state index contributed by atoms with van der Waals surface area (Å²) in [6.07, 6.45) is 11.4. The lowest BCUT2D eigenvalue weighted by molar-refractivity contribution is 0.131. The van der Waals surface area contributed by atoms with E-state index in [9.17, 15) is 0 Å². The van der Waals surface area contributed by atoms with Crippen LogP contribution >= 0.6 is 0 Å². The zero-order valence-corrected chi connectivity index (χ0v) is 9.86. The highest BCUT2D eigenvalue weighted by Gasteiger charge is 2.43. The van der Waals surface area contributed by atoms with E-state index < -0.39 is 0 Å². The summed E-state index contributed by atoms with van der Waals surface area (Å²) in [4.78, 5) is 0. The molecule has 0 aliphatic heterocycles. The Labute approximate surface area is 88.8 Å². The molecule has 80 valence electrons. The summed E-state index contributed by atoms with van der Waals surface area (Å²) in [7, 11) is 0. The third-order valence-electron chi connectivity index (χ3n) is 4.72. The predicted molar refractivity (Wildman–Crippen MR) is 62.3 cm³/mol. The van der Waals surface area contributed by atoms with Crippen LogP contribution in [0.4, 0.5) is 0 Å². The highest BCUT2D eigenvalue weighted by atomic mass is 14.5. The van der Waals surface area contributed by atoms with Crippen LogP contribution in [0.25, 0.3) is 0 Å². The van der Waals surface area contributed by atoms with Crippen LogP contribution in [0.3, 0.4) is 0 Å². The van der Waals surface area contributed by atoms with Crippen molar-refractivity contribution in [3.8, 4) is 0 Å². The molecule has 2 fully saturated rings. The average Bonchev–Trinajstić information content (AvgIpc) is 2.16. The lowest BCUT2D eigenvalue weighted by atomic mass is 9.55. The van der Waals surface area contributed by atoms with Crippen molar-refractivity contribution in [2.45, 2.75) is 65.2 Å². The first-order valence-electron chi connectivity index (χ1n) is 6.27. The Balaban J connectivity index is 2.21. The molecule has 0 aromatic carbocycles. The average molecular weight is 192 g/mol. The van der Waals surface area contributed by atoms with Gasteiger partial charge in [0.25, 0.3) is 0 Å². The summed E-state index contributed by atoms with van der Waals surface area (Å²) in [6, 6.07) is 0. The molecule has 0 atom stereocenters. The summed E-state index contributed by atoms with van der Waals surface area (Å²) in [5, 5.41) is 0. The summed E-state index contributed by atoms with van der Waals surface area (Å²) in [5.74, 6) is 0. The zero-order chi connectivity index (χ0) is 10.2. The minimum absolute atomic E-state index is 0.412. The molecule has 14 heavy (non-hydrogen) atoms. The topological polar surface area (TPSA) is 0 Å². The molecule has 0 radical (unpaired) electrons. The van der Waals surface area contributed by atoms with Gasteiger partial charge in [0.1, 0.15) is 0 Å². The molecule has 2 saturated carbocycles. The van der Waals surface area contributed by atoms with Crippen LogP contribution in [0.2, 0.25) is 0 Å². The van der Waals surface area contributed by atoms with E-state index in [1.54, 1.807) is 5.57 Å². The van der Waals surface area contributed by atoms with Crippen LogP contribution in [-0.4, -0.2) is 0 Å². The van der Waals surface area contributed by atoms with E-state index in [4.69, 9.17) is 0 Å². The second kappa shape index (κ2) is 3.40. The van der Waals surface area contributed by atoms with Crippen molar-refractivity contribution in [1.82, 2.24) is 0 Å². The maximum absolute atomic E-state index is 4.44. The molecule has 0 amide bonds. The number of hydrogen-bond donors (Lipinski definition) is 0. The van der Waals surface area contributed by atoms with Gasteiger partial charge in [-0.1, -0.05) is 51.7 Å². The molecular weight excluding hydrogens is 168 g/mol. The van der Waals surface area contributed by atoms with Crippen LogP contribution in [0.15, 0.2) is 12.2 Å². The Bertz CT molecular complexity index is 223. The van der Waals surface area contributed by atoms with E-state index in [1.165, 1.54) is 51.4 Å². The van der Waals surface area contributed by atoms with E-state index in [1.807, 2.05) is 0 Å². The standard InChI is InChI=1S/C14H24/c1-12-13(2,3)8-7-11-14(12)9-5-4-6-10-14/h1,4-11H2,2-3H3. The van der Waals surface area contributed by atoms with Gasteiger partial charge in [0.05, 0.1) is 0 Å². The monoisotopic (exact) mass is 192 g/mol. The molecular formula is C14H24. The molecule has 0 N–H and O–H groups in total. The summed E-state index contributed by atoms with van der Waals surface area (Å²) in [5.41, 5.74) is 2.55. The molecule has 0 heterocycles. The lowest BCUT2D eigenvalue weighted by Gasteiger charge is -2.49. The fourth-order valence-corrected chi connectivity index (χ4v) is 3.67. The fourth-order valence-electron chi connectivity index (χ4n) is 3.67. The Morgan fingerprint density at radius 3 is 2.07 bits per heavy atom. The van der Waals surface area contributed by atoms with Gasteiger partial charge in [-0.25, -0.2) is 0 Å². The lowest BCUT2D eigenvalue weighted by Crippen LogP contribution is -2.37. The first-order chi connectivity index (χ1) is 6.57. The van der Waals surface area contributed by atoms with Crippen LogP contribution in [-0.2, 0) is 0 Å². The summed E-state index contributed by atoms with van der Waals surface area (Å²) < 4.78 is 0. The van der Waals surface area contributed by atoms with E-state index in [0.29, 0.717) is 10.8 Å². The Hall–Kier alpha value is -0.260. The molecule has 1 spiro atoms. The van der Waals surface area contributed by atoms with Crippen molar-refractivity contribution in [2.24, 2.45) is 10.8 Å². The molecule has 2 aliphatic carbocycles. The largest absolute Gasteiger partial charge is 0.0988 e. The van der Waals surface area contributed by atoms with Crippen molar-refractivity contribution < 1.29 is 0 Å². The minimum Gasteiger partial charge on any atom is -0.0988 e. The van der Waals surface area contributed by atoms with E-state index in [0.717, 1.165) is 0 Å². The maximum atomic E-state index is 4.44.